The molecule has 0 aromatic heterocycles. The molecule has 1 fully saturated rings. The number of hydrogen-bond acceptors (Lipinski definition) is 1. The van der Waals surface area contributed by atoms with Crippen LogP contribution in [0.3, 0.4) is 0 Å². The van der Waals surface area contributed by atoms with Crippen LogP contribution in [-0.2, 0) is 6.42 Å². The normalized spacial score (nSPS) is 26.2. The predicted octanol–water partition coefficient (Wildman–Crippen LogP) is 4.83. The van der Waals surface area contributed by atoms with Crippen molar-refractivity contribution < 1.29 is 5.11 Å². The van der Waals surface area contributed by atoms with Gasteiger partial charge in [0.05, 0.1) is 6.10 Å². The highest BCUT2D eigenvalue weighted by Crippen LogP contribution is 2.47. The molecule has 2 aliphatic rings. The second-order valence-corrected chi connectivity index (χ2v) is 6.96. The summed E-state index contributed by atoms with van der Waals surface area (Å²) in [5.74, 6) is 0.582. The second kappa shape index (κ2) is 5.89. The average Bonchev–Trinajstić information content (AvgIpc) is 2.98. The molecule has 1 N–H and O–H groups in total. The number of benzene rings is 1. The summed E-state index contributed by atoms with van der Waals surface area (Å²) in [4.78, 5) is 0. The Morgan fingerprint density at radius 1 is 1.20 bits per heavy atom. The van der Waals surface area contributed by atoms with Gasteiger partial charge >= 0.3 is 0 Å². The van der Waals surface area contributed by atoms with Gasteiger partial charge in [-0.2, -0.15) is 0 Å². The summed E-state index contributed by atoms with van der Waals surface area (Å²) in [6.45, 7) is 2.27. The van der Waals surface area contributed by atoms with E-state index in [0.717, 1.165) is 12.8 Å². The summed E-state index contributed by atoms with van der Waals surface area (Å²) in [5.41, 5.74) is 3.27. The second-order valence-electron chi connectivity index (χ2n) is 6.96. The molecule has 1 aromatic rings. The lowest BCUT2D eigenvalue weighted by molar-refractivity contribution is 0.0126. The number of fused-ring (bicyclic) bond motifs is 1. The van der Waals surface area contributed by atoms with Gasteiger partial charge < -0.3 is 5.11 Å². The number of rotatable bonds is 4. The third-order valence-corrected chi connectivity index (χ3v) is 6.01. The van der Waals surface area contributed by atoms with Crippen molar-refractivity contribution in [2.24, 2.45) is 5.41 Å². The van der Waals surface area contributed by atoms with Gasteiger partial charge in [0.15, 0.2) is 0 Å². The SMILES string of the molecule is CCC1(C(O)CC2CCCc3ccccc32)CCCC1. The molecule has 1 heteroatoms. The first-order valence-corrected chi connectivity index (χ1v) is 8.51. The Labute approximate surface area is 123 Å². The molecule has 2 unspecified atom stereocenters. The van der Waals surface area contributed by atoms with Crippen LogP contribution in [0.4, 0.5) is 0 Å². The minimum Gasteiger partial charge on any atom is -0.393 e. The van der Waals surface area contributed by atoms with Gasteiger partial charge in [0.1, 0.15) is 0 Å². The van der Waals surface area contributed by atoms with Crippen molar-refractivity contribution in [1.29, 1.82) is 0 Å². The monoisotopic (exact) mass is 272 g/mol. The molecule has 3 rings (SSSR count). The Bertz CT molecular complexity index is 445. The molecular weight excluding hydrogens is 244 g/mol. The smallest absolute Gasteiger partial charge is 0.0602 e. The van der Waals surface area contributed by atoms with E-state index < -0.39 is 0 Å². The summed E-state index contributed by atoms with van der Waals surface area (Å²) in [6.07, 6.45) is 10.9. The van der Waals surface area contributed by atoms with Crippen LogP contribution in [0, 0.1) is 5.41 Å². The molecule has 20 heavy (non-hydrogen) atoms. The number of hydrogen-bond donors (Lipinski definition) is 1. The van der Waals surface area contributed by atoms with E-state index in [9.17, 15) is 5.11 Å². The zero-order chi connectivity index (χ0) is 14.0. The first kappa shape index (κ1) is 14.1. The Morgan fingerprint density at radius 3 is 2.70 bits per heavy atom. The fourth-order valence-corrected chi connectivity index (χ4v) is 4.62. The summed E-state index contributed by atoms with van der Waals surface area (Å²) in [7, 11) is 0. The Balaban J connectivity index is 1.75. The van der Waals surface area contributed by atoms with Gasteiger partial charge in [-0.1, -0.05) is 44.0 Å². The third-order valence-electron chi connectivity index (χ3n) is 6.01. The molecule has 1 aromatic carbocycles. The molecule has 110 valence electrons. The standard InChI is InChI=1S/C19H28O/c1-2-19(12-5-6-13-19)18(20)14-16-10-7-9-15-8-3-4-11-17(15)16/h3-4,8,11,16,18,20H,2,5-7,9-10,12-14H2,1H3. The van der Waals surface area contributed by atoms with E-state index in [4.69, 9.17) is 0 Å². The number of aliphatic hydroxyl groups excluding tert-OH is 1. The average molecular weight is 272 g/mol. The zero-order valence-electron chi connectivity index (χ0n) is 12.8. The molecule has 0 amide bonds. The molecule has 0 aliphatic heterocycles. The first-order valence-electron chi connectivity index (χ1n) is 8.51. The Kier molecular flexibility index (Phi) is 4.16. The van der Waals surface area contributed by atoms with Crippen molar-refractivity contribution in [3.8, 4) is 0 Å². The van der Waals surface area contributed by atoms with Crippen LogP contribution >= 0.6 is 0 Å². The molecule has 0 heterocycles. The van der Waals surface area contributed by atoms with Crippen LogP contribution in [-0.4, -0.2) is 11.2 Å². The van der Waals surface area contributed by atoms with E-state index in [1.807, 2.05) is 0 Å². The highest BCUT2D eigenvalue weighted by molar-refractivity contribution is 5.32. The predicted molar refractivity (Wildman–Crippen MR) is 83.9 cm³/mol. The third kappa shape index (κ3) is 2.53. The highest BCUT2D eigenvalue weighted by Gasteiger charge is 2.40. The maximum Gasteiger partial charge on any atom is 0.0602 e. The Morgan fingerprint density at radius 2 is 1.95 bits per heavy atom. The summed E-state index contributed by atoms with van der Waals surface area (Å²) >= 11 is 0. The number of aliphatic hydroxyl groups is 1. The fourth-order valence-electron chi connectivity index (χ4n) is 4.62. The molecular formula is C19H28O. The van der Waals surface area contributed by atoms with Crippen LogP contribution in [0.2, 0.25) is 0 Å². The first-order chi connectivity index (χ1) is 9.75. The minimum absolute atomic E-state index is 0.105. The van der Waals surface area contributed by atoms with E-state index >= 15 is 0 Å². The van der Waals surface area contributed by atoms with Crippen molar-refractivity contribution in [2.75, 3.05) is 0 Å². The molecule has 0 spiro atoms. The highest BCUT2D eigenvalue weighted by atomic mass is 16.3. The van der Waals surface area contributed by atoms with E-state index in [-0.39, 0.29) is 11.5 Å². The van der Waals surface area contributed by atoms with Crippen molar-refractivity contribution in [1.82, 2.24) is 0 Å². The van der Waals surface area contributed by atoms with E-state index in [0.29, 0.717) is 5.92 Å². The Hall–Kier alpha value is -0.820. The molecule has 2 aliphatic carbocycles. The van der Waals surface area contributed by atoms with Crippen molar-refractivity contribution in [3.05, 3.63) is 35.4 Å². The van der Waals surface area contributed by atoms with Crippen molar-refractivity contribution in [2.45, 2.75) is 76.7 Å². The lowest BCUT2D eigenvalue weighted by Gasteiger charge is -2.37. The van der Waals surface area contributed by atoms with E-state index in [1.54, 1.807) is 0 Å². The van der Waals surface area contributed by atoms with Gasteiger partial charge in [-0.3, -0.25) is 0 Å². The fraction of sp³-hybridized carbons (Fsp3) is 0.684. The maximum atomic E-state index is 10.9. The summed E-state index contributed by atoms with van der Waals surface area (Å²) < 4.78 is 0. The van der Waals surface area contributed by atoms with Gasteiger partial charge in [0, 0.05) is 0 Å². The maximum absolute atomic E-state index is 10.9. The summed E-state index contributed by atoms with van der Waals surface area (Å²) in [6, 6.07) is 8.88. The lowest BCUT2D eigenvalue weighted by Crippen LogP contribution is -2.34. The largest absolute Gasteiger partial charge is 0.393 e. The van der Waals surface area contributed by atoms with Gasteiger partial charge in [-0.15, -0.1) is 0 Å². The van der Waals surface area contributed by atoms with Crippen molar-refractivity contribution >= 4 is 0 Å². The molecule has 1 saturated carbocycles. The van der Waals surface area contributed by atoms with Crippen LogP contribution in [0.15, 0.2) is 24.3 Å². The van der Waals surface area contributed by atoms with Crippen LogP contribution < -0.4 is 0 Å². The quantitative estimate of drug-likeness (QED) is 0.832. The summed E-state index contributed by atoms with van der Waals surface area (Å²) in [5, 5.41) is 10.9. The van der Waals surface area contributed by atoms with Crippen molar-refractivity contribution in [3.63, 3.8) is 0 Å². The molecule has 0 saturated heterocycles. The topological polar surface area (TPSA) is 20.2 Å². The van der Waals surface area contributed by atoms with Gasteiger partial charge in [-0.05, 0) is 67.4 Å². The van der Waals surface area contributed by atoms with Crippen LogP contribution in [0.5, 0.6) is 0 Å². The van der Waals surface area contributed by atoms with Gasteiger partial charge in [0.2, 0.25) is 0 Å². The van der Waals surface area contributed by atoms with Gasteiger partial charge in [-0.25, -0.2) is 0 Å². The van der Waals surface area contributed by atoms with Crippen LogP contribution in [0.1, 0.15) is 75.3 Å². The molecule has 0 bridgehead atoms. The van der Waals surface area contributed by atoms with E-state index in [1.165, 1.54) is 56.1 Å². The zero-order valence-corrected chi connectivity index (χ0v) is 12.8. The minimum atomic E-state index is -0.105. The molecule has 0 radical (unpaired) electrons. The van der Waals surface area contributed by atoms with Gasteiger partial charge in [0.25, 0.3) is 0 Å². The van der Waals surface area contributed by atoms with E-state index in [2.05, 4.69) is 31.2 Å². The molecule has 2 atom stereocenters. The molecule has 1 nitrogen and oxygen atoms in total. The number of aryl methyl sites for hydroxylation is 1. The van der Waals surface area contributed by atoms with Crippen LogP contribution in [0.25, 0.3) is 0 Å². The lowest BCUT2D eigenvalue weighted by atomic mass is 9.71.